The number of hydrogen-bond acceptors (Lipinski definition) is 5. The molecule has 0 aromatic carbocycles. The van der Waals surface area contributed by atoms with Gasteiger partial charge < -0.3 is 16.2 Å². The third kappa shape index (κ3) is 2.48. The maximum Gasteiger partial charge on any atom is 0.150 e. The van der Waals surface area contributed by atoms with E-state index in [0.717, 1.165) is 25.8 Å². The molecule has 0 aliphatic heterocycles. The van der Waals surface area contributed by atoms with Crippen LogP contribution in [0.15, 0.2) is 12.3 Å². The molecule has 0 spiro atoms. The van der Waals surface area contributed by atoms with Gasteiger partial charge in [-0.2, -0.15) is 5.26 Å². The highest BCUT2D eigenvalue weighted by Crippen LogP contribution is 2.48. The van der Waals surface area contributed by atoms with Gasteiger partial charge in [0.1, 0.15) is 6.07 Å². The van der Waals surface area contributed by atoms with Crippen LogP contribution in [0.25, 0.3) is 0 Å². The first-order chi connectivity index (χ1) is 8.21. The molecule has 1 aliphatic carbocycles. The monoisotopic (exact) mass is 232 g/mol. The topological polar surface area (TPSA) is 95.0 Å². The van der Waals surface area contributed by atoms with Crippen LogP contribution in [0, 0.1) is 16.7 Å². The summed E-state index contributed by atoms with van der Waals surface area (Å²) in [5, 5.41) is 21.0. The molecule has 1 fully saturated rings. The average Bonchev–Trinajstić information content (AvgIpc) is 3.09. The number of nitrogens with one attached hydrogen (secondary N) is 1. The van der Waals surface area contributed by atoms with Crippen molar-refractivity contribution < 1.29 is 5.11 Å². The van der Waals surface area contributed by atoms with Gasteiger partial charge in [0, 0.05) is 19.3 Å². The Kier molecular flexibility index (Phi) is 3.16. The molecule has 5 nitrogen and oxygen atoms in total. The van der Waals surface area contributed by atoms with Gasteiger partial charge in [-0.25, -0.2) is 4.98 Å². The fourth-order valence-corrected chi connectivity index (χ4v) is 1.91. The van der Waals surface area contributed by atoms with E-state index in [-0.39, 0.29) is 12.0 Å². The molecular formula is C12H16N4O. The summed E-state index contributed by atoms with van der Waals surface area (Å²) in [7, 11) is 0. The van der Waals surface area contributed by atoms with Crippen molar-refractivity contribution in [1.82, 2.24) is 4.98 Å². The molecule has 0 bridgehead atoms. The smallest absolute Gasteiger partial charge is 0.150 e. The minimum absolute atomic E-state index is 0.200. The summed E-state index contributed by atoms with van der Waals surface area (Å²) < 4.78 is 0. The van der Waals surface area contributed by atoms with E-state index in [1.807, 2.05) is 6.07 Å². The van der Waals surface area contributed by atoms with Gasteiger partial charge >= 0.3 is 0 Å². The van der Waals surface area contributed by atoms with Crippen LogP contribution in [0.1, 0.15) is 24.8 Å². The second-order valence-electron chi connectivity index (χ2n) is 4.56. The number of aliphatic hydroxyl groups is 1. The van der Waals surface area contributed by atoms with Gasteiger partial charge in [-0.05, 0) is 30.7 Å². The Hall–Kier alpha value is -1.80. The molecule has 2 rings (SSSR count). The standard InChI is InChI=1S/C12H16N4O/c13-7-9-1-5-15-11(10(9)14)16-8-12(2-3-12)4-6-17/h1,5,17H,2-4,6,8,14H2,(H,15,16). The number of rotatable bonds is 5. The highest BCUT2D eigenvalue weighted by atomic mass is 16.3. The SMILES string of the molecule is N#Cc1ccnc(NCC2(CCO)CC2)c1N. The molecule has 17 heavy (non-hydrogen) atoms. The average molecular weight is 232 g/mol. The molecule has 0 saturated heterocycles. The number of aromatic nitrogens is 1. The van der Waals surface area contributed by atoms with Crippen LogP contribution in [0.3, 0.4) is 0 Å². The van der Waals surface area contributed by atoms with Crippen molar-refractivity contribution >= 4 is 11.5 Å². The molecule has 0 atom stereocenters. The van der Waals surface area contributed by atoms with Gasteiger partial charge in [-0.3, -0.25) is 0 Å². The number of nitrogens with two attached hydrogens (primary N) is 1. The molecular weight excluding hydrogens is 216 g/mol. The molecule has 1 saturated carbocycles. The number of aliphatic hydroxyl groups excluding tert-OH is 1. The van der Waals surface area contributed by atoms with Gasteiger partial charge in [0.15, 0.2) is 5.82 Å². The fourth-order valence-electron chi connectivity index (χ4n) is 1.91. The zero-order chi connectivity index (χ0) is 12.3. The van der Waals surface area contributed by atoms with E-state index in [1.165, 1.54) is 0 Å². The van der Waals surface area contributed by atoms with Crippen molar-refractivity contribution in [1.29, 1.82) is 5.26 Å². The molecule has 1 heterocycles. The number of nitrogens with zero attached hydrogens (tertiary/aromatic N) is 2. The predicted molar refractivity (Wildman–Crippen MR) is 65.2 cm³/mol. The number of pyridine rings is 1. The maximum absolute atomic E-state index is 8.96. The first kappa shape index (κ1) is 11.7. The van der Waals surface area contributed by atoms with Gasteiger partial charge in [-0.15, -0.1) is 0 Å². The molecule has 1 aromatic heterocycles. The fraction of sp³-hybridized carbons (Fsp3) is 0.500. The zero-order valence-corrected chi connectivity index (χ0v) is 9.61. The highest BCUT2D eigenvalue weighted by Gasteiger charge is 2.41. The second-order valence-corrected chi connectivity index (χ2v) is 4.56. The Morgan fingerprint density at radius 3 is 2.94 bits per heavy atom. The quantitative estimate of drug-likeness (QED) is 0.706. The summed E-state index contributed by atoms with van der Waals surface area (Å²) in [5.41, 5.74) is 6.86. The van der Waals surface area contributed by atoms with E-state index < -0.39 is 0 Å². The largest absolute Gasteiger partial charge is 0.396 e. The Morgan fingerprint density at radius 1 is 1.59 bits per heavy atom. The number of nitrogen functional groups attached to an aromatic ring is 1. The van der Waals surface area contributed by atoms with Gasteiger partial charge in [-0.1, -0.05) is 0 Å². The molecule has 90 valence electrons. The van der Waals surface area contributed by atoms with Gasteiger partial charge in [0.2, 0.25) is 0 Å². The molecule has 0 radical (unpaired) electrons. The lowest BCUT2D eigenvalue weighted by Gasteiger charge is -2.16. The van der Waals surface area contributed by atoms with Crippen molar-refractivity contribution in [3.63, 3.8) is 0 Å². The van der Waals surface area contributed by atoms with Gasteiger partial charge in [0.05, 0.1) is 11.3 Å². The third-order valence-corrected chi connectivity index (χ3v) is 3.34. The highest BCUT2D eigenvalue weighted by molar-refractivity contribution is 5.68. The van der Waals surface area contributed by atoms with E-state index in [4.69, 9.17) is 16.1 Å². The van der Waals surface area contributed by atoms with Crippen molar-refractivity contribution in [2.24, 2.45) is 5.41 Å². The van der Waals surface area contributed by atoms with Crippen molar-refractivity contribution in [3.8, 4) is 6.07 Å². The third-order valence-electron chi connectivity index (χ3n) is 3.34. The van der Waals surface area contributed by atoms with E-state index in [9.17, 15) is 0 Å². The summed E-state index contributed by atoms with van der Waals surface area (Å²) in [6.45, 7) is 0.961. The molecule has 4 N–H and O–H groups in total. The van der Waals surface area contributed by atoms with Gasteiger partial charge in [0.25, 0.3) is 0 Å². The van der Waals surface area contributed by atoms with Crippen molar-refractivity contribution in [3.05, 3.63) is 17.8 Å². The first-order valence-electron chi connectivity index (χ1n) is 5.70. The predicted octanol–water partition coefficient (Wildman–Crippen LogP) is 1.11. The molecule has 1 aromatic rings. The van der Waals surface area contributed by atoms with E-state index in [0.29, 0.717) is 17.1 Å². The lowest BCUT2D eigenvalue weighted by molar-refractivity contribution is 0.253. The maximum atomic E-state index is 8.96. The van der Waals surface area contributed by atoms with E-state index in [1.54, 1.807) is 12.3 Å². The van der Waals surface area contributed by atoms with Crippen LogP contribution >= 0.6 is 0 Å². The number of hydrogen-bond donors (Lipinski definition) is 3. The lowest BCUT2D eigenvalue weighted by atomic mass is 10.0. The summed E-state index contributed by atoms with van der Waals surface area (Å²) in [4.78, 5) is 4.13. The Morgan fingerprint density at radius 2 is 2.35 bits per heavy atom. The summed E-state index contributed by atoms with van der Waals surface area (Å²) in [6, 6.07) is 3.63. The zero-order valence-electron chi connectivity index (χ0n) is 9.61. The van der Waals surface area contributed by atoms with E-state index >= 15 is 0 Å². The second kappa shape index (κ2) is 4.60. The molecule has 1 aliphatic rings. The van der Waals surface area contributed by atoms with Crippen LogP contribution in [-0.4, -0.2) is 23.2 Å². The Labute approximate surface area is 100 Å². The molecule has 0 unspecified atom stereocenters. The van der Waals surface area contributed by atoms with Crippen molar-refractivity contribution in [2.75, 3.05) is 24.2 Å². The van der Waals surface area contributed by atoms with Crippen LogP contribution in [0.2, 0.25) is 0 Å². The van der Waals surface area contributed by atoms with Crippen LogP contribution in [0.4, 0.5) is 11.5 Å². The van der Waals surface area contributed by atoms with Crippen molar-refractivity contribution in [2.45, 2.75) is 19.3 Å². The van der Waals surface area contributed by atoms with E-state index in [2.05, 4.69) is 10.3 Å². The summed E-state index contributed by atoms with van der Waals surface area (Å²) in [5.74, 6) is 0.563. The lowest BCUT2D eigenvalue weighted by Crippen LogP contribution is -2.18. The normalized spacial score (nSPS) is 16.2. The number of anilines is 2. The number of nitriles is 1. The summed E-state index contributed by atoms with van der Waals surface area (Å²) in [6.07, 6.45) is 4.62. The van der Waals surface area contributed by atoms with Crippen LogP contribution in [0.5, 0.6) is 0 Å². The minimum atomic E-state index is 0.200. The minimum Gasteiger partial charge on any atom is -0.396 e. The summed E-state index contributed by atoms with van der Waals surface area (Å²) >= 11 is 0. The first-order valence-corrected chi connectivity index (χ1v) is 5.70. The Balaban J connectivity index is 2.03. The molecule has 5 heteroatoms. The molecule has 0 amide bonds. The van der Waals surface area contributed by atoms with Crippen LogP contribution < -0.4 is 11.1 Å². The Bertz CT molecular complexity index is 448. The van der Waals surface area contributed by atoms with Crippen LogP contribution in [-0.2, 0) is 0 Å².